The van der Waals surface area contributed by atoms with Crippen LogP contribution in [-0.4, -0.2) is 51.7 Å². The van der Waals surface area contributed by atoms with Gasteiger partial charge in [-0.05, 0) is 12.1 Å². The van der Waals surface area contributed by atoms with Crippen molar-refractivity contribution >= 4 is 11.9 Å². The van der Waals surface area contributed by atoms with Crippen LogP contribution in [0.5, 0.6) is 0 Å². The second-order valence-corrected chi connectivity index (χ2v) is 6.51. The predicted molar refractivity (Wildman–Crippen MR) is 103 cm³/mol. The summed E-state index contributed by atoms with van der Waals surface area (Å²) < 4.78 is 16.2. The first-order chi connectivity index (χ1) is 15.0. The molecule has 0 bridgehead atoms. The number of aromatic carboxylic acids is 1. The van der Waals surface area contributed by atoms with Crippen molar-refractivity contribution < 1.29 is 19.1 Å². The van der Waals surface area contributed by atoms with Gasteiger partial charge in [0.15, 0.2) is 0 Å². The minimum Gasteiger partial charge on any atom is -0.478 e. The van der Waals surface area contributed by atoms with Crippen LogP contribution in [0.15, 0.2) is 55.5 Å². The number of carbonyl (C=O) groups excluding carboxylic acids is 1. The Bertz CT molecular complexity index is 1250. The summed E-state index contributed by atoms with van der Waals surface area (Å²) in [5.41, 5.74) is 1.97. The van der Waals surface area contributed by atoms with E-state index in [1.54, 1.807) is 23.3 Å². The molecule has 11 nitrogen and oxygen atoms in total. The van der Waals surface area contributed by atoms with E-state index in [1.165, 1.54) is 29.3 Å². The average molecular weight is 422 g/mol. The first-order valence-electron chi connectivity index (χ1n) is 8.98. The molecule has 0 spiro atoms. The monoisotopic (exact) mass is 422 g/mol. The van der Waals surface area contributed by atoms with Crippen LogP contribution in [0, 0.1) is 5.82 Å². The fourth-order valence-electron chi connectivity index (χ4n) is 2.74. The van der Waals surface area contributed by atoms with Crippen molar-refractivity contribution in [3.8, 4) is 5.69 Å². The van der Waals surface area contributed by atoms with Gasteiger partial charge in [-0.15, -0.1) is 5.10 Å². The summed E-state index contributed by atoms with van der Waals surface area (Å²) in [6, 6.07) is 2.55. The molecule has 4 heterocycles. The van der Waals surface area contributed by atoms with Crippen molar-refractivity contribution in [1.82, 2.24) is 40.1 Å². The summed E-state index contributed by atoms with van der Waals surface area (Å²) in [5, 5.41) is 24.0. The van der Waals surface area contributed by atoms with Gasteiger partial charge in [0.25, 0.3) is 5.91 Å². The van der Waals surface area contributed by atoms with Crippen LogP contribution in [0.4, 0.5) is 4.39 Å². The Labute approximate surface area is 174 Å². The molecule has 156 valence electrons. The number of nitrogens with one attached hydrogen (secondary N) is 1. The van der Waals surface area contributed by atoms with Gasteiger partial charge in [-0.3, -0.25) is 19.4 Å². The number of pyridine rings is 2. The van der Waals surface area contributed by atoms with Crippen molar-refractivity contribution in [3.05, 3.63) is 83.7 Å². The van der Waals surface area contributed by atoms with Crippen LogP contribution >= 0.6 is 0 Å². The molecule has 4 aromatic rings. The highest BCUT2D eigenvalue weighted by molar-refractivity contribution is 5.93. The largest absolute Gasteiger partial charge is 0.478 e. The Hall–Kier alpha value is -4.48. The molecule has 0 aliphatic rings. The van der Waals surface area contributed by atoms with Crippen molar-refractivity contribution in [2.24, 2.45) is 0 Å². The lowest BCUT2D eigenvalue weighted by Gasteiger charge is -2.03. The third-order valence-corrected chi connectivity index (χ3v) is 4.21. The number of amides is 1. The number of nitrogens with zero attached hydrogens (tertiary/aromatic N) is 7. The number of carbonyl (C=O) groups is 2. The van der Waals surface area contributed by atoms with Gasteiger partial charge >= 0.3 is 5.97 Å². The first-order valence-corrected chi connectivity index (χ1v) is 8.98. The van der Waals surface area contributed by atoms with Gasteiger partial charge in [-0.2, -0.15) is 5.10 Å². The van der Waals surface area contributed by atoms with E-state index < -0.39 is 17.7 Å². The Morgan fingerprint density at radius 3 is 2.65 bits per heavy atom. The van der Waals surface area contributed by atoms with Crippen molar-refractivity contribution in [3.63, 3.8) is 0 Å². The second-order valence-electron chi connectivity index (χ2n) is 6.51. The SMILES string of the molecule is O=C(O)c1cncc(-n2cc(Cn3cc(CNC(=O)c4cncc(F)c4)cn3)nn2)c1. The lowest BCUT2D eigenvalue weighted by Crippen LogP contribution is -2.22. The van der Waals surface area contributed by atoms with E-state index >= 15 is 0 Å². The molecule has 12 heteroatoms. The molecule has 0 saturated heterocycles. The molecule has 0 aliphatic carbocycles. The molecule has 0 radical (unpaired) electrons. The van der Waals surface area contributed by atoms with E-state index in [4.69, 9.17) is 5.11 Å². The molecule has 4 rings (SSSR count). The van der Waals surface area contributed by atoms with Crippen molar-refractivity contribution in [2.45, 2.75) is 13.1 Å². The van der Waals surface area contributed by atoms with Gasteiger partial charge in [0, 0.05) is 30.7 Å². The van der Waals surface area contributed by atoms with Crippen molar-refractivity contribution in [2.75, 3.05) is 0 Å². The summed E-state index contributed by atoms with van der Waals surface area (Å²) in [7, 11) is 0. The van der Waals surface area contributed by atoms with Gasteiger partial charge in [0.1, 0.15) is 11.5 Å². The number of halogens is 1. The topological polar surface area (TPSA) is 141 Å². The maximum Gasteiger partial charge on any atom is 0.337 e. The van der Waals surface area contributed by atoms with Crippen LogP contribution in [0.2, 0.25) is 0 Å². The molecular weight excluding hydrogens is 407 g/mol. The van der Waals surface area contributed by atoms with Crippen LogP contribution in [0.25, 0.3) is 5.69 Å². The lowest BCUT2D eigenvalue weighted by molar-refractivity contribution is 0.0696. The predicted octanol–water partition coefficient (Wildman–Crippen LogP) is 1.07. The zero-order valence-electron chi connectivity index (χ0n) is 15.9. The maximum atomic E-state index is 13.2. The molecule has 0 aromatic carbocycles. The molecular formula is C19H15FN8O3. The third-order valence-electron chi connectivity index (χ3n) is 4.21. The number of carboxylic acids is 1. The highest BCUT2D eigenvalue weighted by atomic mass is 19.1. The molecule has 0 atom stereocenters. The summed E-state index contributed by atoms with van der Waals surface area (Å²) in [5.74, 6) is -2.11. The fraction of sp³-hybridized carbons (Fsp3) is 0.105. The molecule has 4 aromatic heterocycles. The normalized spacial score (nSPS) is 10.7. The number of aromatic nitrogens is 7. The van der Waals surface area contributed by atoms with E-state index in [0.29, 0.717) is 17.9 Å². The number of hydrogen-bond acceptors (Lipinski definition) is 7. The zero-order valence-corrected chi connectivity index (χ0v) is 15.9. The van der Waals surface area contributed by atoms with Gasteiger partial charge in [-0.1, -0.05) is 5.21 Å². The summed E-state index contributed by atoms with van der Waals surface area (Å²) in [6.45, 7) is 0.517. The minimum absolute atomic E-state index is 0.0438. The number of rotatable bonds is 7. The Morgan fingerprint density at radius 1 is 1.03 bits per heavy atom. The molecule has 1 amide bonds. The third kappa shape index (κ3) is 4.75. The minimum atomic E-state index is -1.08. The van der Waals surface area contributed by atoms with Crippen LogP contribution in [0.3, 0.4) is 0 Å². The summed E-state index contributed by atoms with van der Waals surface area (Å²) in [4.78, 5) is 30.7. The van der Waals surface area contributed by atoms with Crippen LogP contribution in [0.1, 0.15) is 32.0 Å². The van der Waals surface area contributed by atoms with E-state index in [2.05, 4.69) is 30.7 Å². The van der Waals surface area contributed by atoms with Gasteiger partial charge in [0.05, 0.1) is 48.1 Å². The van der Waals surface area contributed by atoms with Crippen molar-refractivity contribution in [1.29, 1.82) is 0 Å². The van der Waals surface area contributed by atoms with E-state index in [-0.39, 0.29) is 17.7 Å². The highest BCUT2D eigenvalue weighted by Crippen LogP contribution is 2.09. The van der Waals surface area contributed by atoms with Gasteiger partial charge in [-0.25, -0.2) is 13.9 Å². The first kappa shape index (κ1) is 19.8. The number of carboxylic acid groups (broad SMARTS) is 1. The molecule has 0 aliphatic heterocycles. The highest BCUT2D eigenvalue weighted by Gasteiger charge is 2.10. The summed E-state index contributed by atoms with van der Waals surface area (Å²) >= 11 is 0. The second kappa shape index (κ2) is 8.49. The number of hydrogen-bond donors (Lipinski definition) is 2. The molecule has 31 heavy (non-hydrogen) atoms. The van der Waals surface area contributed by atoms with E-state index in [9.17, 15) is 14.0 Å². The van der Waals surface area contributed by atoms with Gasteiger partial charge in [0.2, 0.25) is 0 Å². The molecule has 0 unspecified atom stereocenters. The molecule has 0 saturated carbocycles. The molecule has 0 fully saturated rings. The molecule has 2 N–H and O–H groups in total. The standard InChI is InChI=1S/C19H15FN8O3/c20-15-1-13(5-21-7-15)18(29)23-3-12-4-24-27(9-12)10-16-11-28(26-25-16)17-2-14(19(30)31)6-22-8-17/h1-2,4-9,11H,3,10H2,(H,23,29)(H,30,31). The maximum absolute atomic E-state index is 13.2. The quantitative estimate of drug-likeness (QED) is 0.451. The Morgan fingerprint density at radius 2 is 1.84 bits per heavy atom. The van der Waals surface area contributed by atoms with Gasteiger partial charge < -0.3 is 10.4 Å². The zero-order chi connectivity index (χ0) is 21.8. The van der Waals surface area contributed by atoms with E-state index in [0.717, 1.165) is 17.8 Å². The smallest absolute Gasteiger partial charge is 0.337 e. The Balaban J connectivity index is 1.38. The average Bonchev–Trinajstić information content (AvgIpc) is 3.42. The summed E-state index contributed by atoms with van der Waals surface area (Å²) in [6.07, 6.45) is 10.0. The Kier molecular flexibility index (Phi) is 5.43. The lowest BCUT2D eigenvalue weighted by atomic mass is 10.2. The van der Waals surface area contributed by atoms with E-state index in [1.807, 2.05) is 0 Å². The fourth-order valence-corrected chi connectivity index (χ4v) is 2.74. The van der Waals surface area contributed by atoms with Crippen LogP contribution in [-0.2, 0) is 13.1 Å². The van der Waals surface area contributed by atoms with Crippen LogP contribution < -0.4 is 5.32 Å².